The van der Waals surface area contributed by atoms with Gasteiger partial charge in [-0.05, 0) is 19.8 Å². The van der Waals surface area contributed by atoms with Crippen LogP contribution < -0.4 is 0 Å². The molecule has 0 heterocycles. The predicted octanol–water partition coefficient (Wildman–Crippen LogP) is 12.3. The number of hydrogen-bond donors (Lipinski definition) is 1. The Morgan fingerprint density at radius 2 is 0.638 bits per heavy atom. The zero-order valence-corrected chi connectivity index (χ0v) is 32.5. The van der Waals surface area contributed by atoms with Gasteiger partial charge in [0.15, 0.2) is 0 Å². The minimum atomic E-state index is -4.16. The first-order valence-electron chi connectivity index (χ1n) is 20.1. The highest BCUT2D eigenvalue weighted by Crippen LogP contribution is 2.16. The highest BCUT2D eigenvalue weighted by Gasteiger charge is 2.18. The van der Waals surface area contributed by atoms with Gasteiger partial charge < -0.3 is 0 Å². The van der Waals surface area contributed by atoms with Crippen molar-refractivity contribution in [1.29, 1.82) is 0 Å². The third kappa shape index (κ3) is 39.3. The third-order valence-corrected chi connectivity index (χ3v) is 9.54. The molecule has 1 N–H and O–H groups in total. The van der Waals surface area contributed by atoms with Gasteiger partial charge in [-0.1, -0.05) is 194 Å². The lowest BCUT2D eigenvalue weighted by Gasteiger charge is -2.19. The Labute approximate surface area is 293 Å². The molecular weight excluding hydrogens is 610 g/mol. The van der Waals surface area contributed by atoms with E-state index >= 15 is 0 Å². The van der Waals surface area contributed by atoms with Crippen LogP contribution in [0.4, 0.5) is 0 Å². The van der Waals surface area contributed by atoms with Gasteiger partial charge in [0.2, 0.25) is 11.8 Å². The van der Waals surface area contributed by atoms with Crippen LogP contribution in [0.3, 0.4) is 0 Å². The van der Waals surface area contributed by atoms with Crippen molar-refractivity contribution in [1.82, 2.24) is 4.90 Å². The summed E-state index contributed by atoms with van der Waals surface area (Å²) in [6, 6.07) is 0. The van der Waals surface area contributed by atoms with Crippen LogP contribution in [0.15, 0.2) is 0 Å². The maximum atomic E-state index is 12.6. The van der Waals surface area contributed by atoms with Crippen molar-refractivity contribution in [3.63, 3.8) is 0 Å². The second kappa shape index (κ2) is 37.8. The molecule has 282 valence electrons. The van der Waals surface area contributed by atoms with Gasteiger partial charge in [0, 0.05) is 19.4 Å². The number of carbonyl (C=O) groups excluding carboxylic acids is 2. The van der Waals surface area contributed by atoms with E-state index in [9.17, 15) is 18.0 Å². The summed E-state index contributed by atoms with van der Waals surface area (Å²) in [6.45, 7) is 7.03. The van der Waals surface area contributed by atoms with Crippen LogP contribution >= 0.6 is 0 Å². The summed E-state index contributed by atoms with van der Waals surface area (Å²) in [7, 11) is -3.29. The number of hydrogen-bond acceptors (Lipinski definition) is 5. The first kappa shape index (κ1) is 48.1. The van der Waals surface area contributed by atoms with E-state index in [1.807, 2.05) is 6.92 Å². The average Bonchev–Trinajstić information content (AvgIpc) is 3.05. The van der Waals surface area contributed by atoms with Crippen LogP contribution in [-0.4, -0.2) is 43.3 Å². The maximum Gasteiger partial charge on any atom is 0.397 e. The van der Waals surface area contributed by atoms with E-state index in [1.54, 1.807) is 0 Å². The van der Waals surface area contributed by atoms with Crippen molar-refractivity contribution in [2.24, 2.45) is 0 Å². The van der Waals surface area contributed by atoms with Gasteiger partial charge in [0.05, 0.1) is 7.11 Å². The molecule has 7 nitrogen and oxygen atoms in total. The number of carbonyl (C=O) groups is 2. The lowest BCUT2D eigenvalue weighted by atomic mass is 10.0. The van der Waals surface area contributed by atoms with Gasteiger partial charge in [0.25, 0.3) is 0 Å². The average molecular weight is 690 g/mol. The minimum absolute atomic E-state index is 0.0492. The third-order valence-electron chi connectivity index (χ3n) is 9.12. The molecule has 8 heteroatoms. The summed E-state index contributed by atoms with van der Waals surface area (Å²) < 4.78 is 29.7. The highest BCUT2D eigenvalue weighted by atomic mass is 32.3. The largest absolute Gasteiger partial charge is 0.397 e. The van der Waals surface area contributed by atoms with Gasteiger partial charge in [-0.25, -0.2) is 0 Å². The zero-order chi connectivity index (χ0) is 35.3. The molecule has 0 unspecified atom stereocenters. The Balaban J connectivity index is 0. The first-order valence-corrected chi connectivity index (χ1v) is 21.5. The highest BCUT2D eigenvalue weighted by molar-refractivity contribution is 7.80. The van der Waals surface area contributed by atoms with Crippen LogP contribution in [0, 0.1) is 0 Å². The topological polar surface area (TPSA) is 101 Å². The number of unbranched alkanes of at least 4 members (excludes halogenated alkanes) is 28. The molecule has 0 radical (unpaired) electrons. The molecule has 0 aliphatic heterocycles. The van der Waals surface area contributed by atoms with Crippen molar-refractivity contribution < 1.29 is 26.7 Å². The molecule has 0 rings (SSSR count). The zero-order valence-electron chi connectivity index (χ0n) is 31.7. The van der Waals surface area contributed by atoms with Gasteiger partial charge in [-0.15, -0.1) is 0 Å². The van der Waals surface area contributed by atoms with Crippen molar-refractivity contribution in [3.8, 4) is 0 Å². The quantitative estimate of drug-likeness (QED) is 0.0533. The van der Waals surface area contributed by atoms with Crippen molar-refractivity contribution in [2.75, 3.05) is 13.7 Å². The van der Waals surface area contributed by atoms with Crippen LogP contribution in [0.1, 0.15) is 226 Å². The number of imide groups is 1. The van der Waals surface area contributed by atoms with E-state index in [0.29, 0.717) is 19.4 Å². The molecule has 0 aliphatic rings. The summed E-state index contributed by atoms with van der Waals surface area (Å²) in [6.07, 6.45) is 41.0. The molecule has 0 saturated carbocycles. The molecule has 47 heavy (non-hydrogen) atoms. The molecule has 0 spiro atoms. The SMILES string of the molecule is CCCCCCCCCCCCCCCCCC(=O)N(CC)C(=O)CCCCCCCCCCCCCCCCC.COS(=O)(=O)O. The second-order valence-electron chi connectivity index (χ2n) is 13.5. The molecule has 0 aromatic rings. The van der Waals surface area contributed by atoms with E-state index < -0.39 is 10.4 Å². The monoisotopic (exact) mass is 690 g/mol. The lowest BCUT2D eigenvalue weighted by Crippen LogP contribution is -2.36. The Hall–Kier alpha value is -0.990. The maximum absolute atomic E-state index is 12.6. The number of rotatable bonds is 34. The van der Waals surface area contributed by atoms with Crippen molar-refractivity contribution in [2.45, 2.75) is 226 Å². The molecule has 2 amide bonds. The summed E-state index contributed by atoms with van der Waals surface area (Å²) in [5, 5.41) is 0. The summed E-state index contributed by atoms with van der Waals surface area (Å²) in [5.41, 5.74) is 0. The fraction of sp³-hybridized carbons (Fsp3) is 0.949. The minimum Gasteiger partial charge on any atom is -0.283 e. The van der Waals surface area contributed by atoms with Gasteiger partial charge in [-0.2, -0.15) is 8.42 Å². The van der Waals surface area contributed by atoms with Crippen molar-refractivity contribution in [3.05, 3.63) is 0 Å². The summed E-state index contributed by atoms with van der Waals surface area (Å²) in [5.74, 6) is 0.0984. The molecule has 0 bridgehead atoms. The molecule has 0 atom stereocenters. The van der Waals surface area contributed by atoms with E-state index in [1.165, 1.54) is 172 Å². The van der Waals surface area contributed by atoms with Crippen LogP contribution in [0.25, 0.3) is 0 Å². The molecule has 0 aromatic carbocycles. The van der Waals surface area contributed by atoms with Crippen LogP contribution in [0.2, 0.25) is 0 Å². The Bertz CT molecular complexity index is 727. The summed E-state index contributed by atoms with van der Waals surface area (Å²) >= 11 is 0. The van der Waals surface area contributed by atoms with Gasteiger partial charge >= 0.3 is 10.4 Å². The normalized spacial score (nSPS) is 11.3. The molecule has 0 aliphatic carbocycles. The van der Waals surface area contributed by atoms with Gasteiger partial charge in [-0.3, -0.25) is 23.2 Å². The van der Waals surface area contributed by atoms with E-state index in [0.717, 1.165) is 32.8 Å². The van der Waals surface area contributed by atoms with E-state index in [4.69, 9.17) is 4.55 Å². The van der Waals surface area contributed by atoms with E-state index in [-0.39, 0.29) is 11.8 Å². The predicted molar refractivity (Wildman–Crippen MR) is 200 cm³/mol. The van der Waals surface area contributed by atoms with Gasteiger partial charge in [0.1, 0.15) is 0 Å². The van der Waals surface area contributed by atoms with E-state index in [2.05, 4.69) is 18.0 Å². The Morgan fingerprint density at radius 1 is 0.447 bits per heavy atom. The Morgan fingerprint density at radius 3 is 0.809 bits per heavy atom. The fourth-order valence-electron chi connectivity index (χ4n) is 6.06. The first-order chi connectivity index (χ1) is 22.7. The van der Waals surface area contributed by atoms with Crippen molar-refractivity contribution >= 4 is 22.2 Å². The standard InChI is InChI=1S/C38H75NO2.CH4O4S/c1-4-7-9-11-13-15-17-19-21-23-25-27-29-31-33-35-37(40)39(6-3)38(41)36-34-32-30-28-26-24-22-20-18-16-14-12-10-8-5-2;1-5-6(2,3)4/h4-36H2,1-3H3;1H3,(H,2,3,4). The smallest absolute Gasteiger partial charge is 0.283 e. The molecule has 0 aromatic heterocycles. The molecule has 0 fully saturated rings. The molecule has 0 saturated heterocycles. The fourth-order valence-corrected chi connectivity index (χ4v) is 6.06. The molecular formula is C39H79NO6S. The lowest BCUT2D eigenvalue weighted by molar-refractivity contribution is -0.144. The Kier molecular flexibility index (Phi) is 38.7. The number of nitrogens with zero attached hydrogens (tertiary/aromatic N) is 1. The summed E-state index contributed by atoms with van der Waals surface area (Å²) in [4.78, 5) is 26.8. The van der Waals surface area contributed by atoms with Crippen LogP contribution in [0.5, 0.6) is 0 Å². The van der Waals surface area contributed by atoms with Crippen LogP contribution in [-0.2, 0) is 24.2 Å². The number of amides is 2. The second-order valence-corrected chi connectivity index (χ2v) is 14.7.